The van der Waals surface area contributed by atoms with Crippen molar-refractivity contribution >= 4 is 27.6 Å². The Morgan fingerprint density at radius 3 is 2.96 bits per heavy atom. The molecule has 0 aliphatic heterocycles. The average molecular weight is 310 g/mol. The number of fused-ring (bicyclic) bond motifs is 5. The topological polar surface area (TPSA) is 78.3 Å². The molecule has 5 heteroatoms. The molecule has 0 bridgehead atoms. The van der Waals surface area contributed by atoms with E-state index in [4.69, 9.17) is 14.9 Å². The van der Waals surface area contributed by atoms with E-state index in [9.17, 15) is 4.79 Å². The third-order valence-electron chi connectivity index (χ3n) is 4.71. The van der Waals surface area contributed by atoms with E-state index in [1.807, 2.05) is 12.1 Å². The summed E-state index contributed by atoms with van der Waals surface area (Å²) in [6, 6.07) is 5.63. The van der Waals surface area contributed by atoms with Gasteiger partial charge in [-0.1, -0.05) is 19.1 Å². The molecule has 2 N–H and O–H groups in total. The van der Waals surface area contributed by atoms with Crippen LogP contribution < -0.4 is 16.1 Å². The number of nitrogen functional groups attached to an aromatic ring is 1. The number of benzene rings is 1. The van der Waals surface area contributed by atoms with Crippen LogP contribution in [0, 0.1) is 5.92 Å². The highest BCUT2D eigenvalue weighted by atomic mass is 16.5. The molecule has 0 saturated carbocycles. The maximum absolute atomic E-state index is 12.5. The number of nitrogens with two attached hydrogens (primary N) is 1. The number of ether oxygens (including phenoxy) is 1. The smallest absolute Gasteiger partial charge is 0.348 e. The number of hydrogen-bond acceptors (Lipinski definition) is 5. The number of methoxy groups -OCH3 is 1. The van der Waals surface area contributed by atoms with Crippen molar-refractivity contribution in [1.29, 1.82) is 0 Å². The molecule has 0 unspecified atom stereocenters. The highest BCUT2D eigenvalue weighted by Gasteiger charge is 2.24. The number of para-hydroxylation sites is 1. The minimum absolute atomic E-state index is 0.256. The van der Waals surface area contributed by atoms with Crippen molar-refractivity contribution in [2.24, 2.45) is 5.92 Å². The van der Waals surface area contributed by atoms with Crippen LogP contribution >= 0.6 is 0 Å². The molecular formula is C18H18N2O3. The number of anilines is 1. The SMILES string of the molecule is COc1cccc2c1oc(=O)c1c(N)nc3c(c12)C[C@H](C)CC3. The van der Waals surface area contributed by atoms with Crippen LogP contribution in [0.4, 0.5) is 5.82 Å². The Labute approximate surface area is 133 Å². The van der Waals surface area contributed by atoms with Gasteiger partial charge >= 0.3 is 5.63 Å². The van der Waals surface area contributed by atoms with Gasteiger partial charge in [-0.15, -0.1) is 0 Å². The standard InChI is InChI=1S/C18H18N2O3/c1-9-6-7-12-11(8-9)14-10-4-3-5-13(22-2)16(10)23-18(21)15(14)17(19)20-12/h3-5,9H,6-8H2,1-2H3,(H2,19,20)/t9-/m1/s1. The Hall–Kier alpha value is -2.56. The maximum atomic E-state index is 12.5. The molecular weight excluding hydrogens is 292 g/mol. The highest BCUT2D eigenvalue weighted by Crippen LogP contribution is 2.37. The second-order valence-corrected chi connectivity index (χ2v) is 6.25. The first-order chi connectivity index (χ1) is 11.1. The molecule has 2 heterocycles. The summed E-state index contributed by atoms with van der Waals surface area (Å²) < 4.78 is 10.8. The van der Waals surface area contributed by atoms with Gasteiger partial charge in [0.25, 0.3) is 0 Å². The molecule has 1 atom stereocenters. The van der Waals surface area contributed by atoms with Gasteiger partial charge in [-0.25, -0.2) is 9.78 Å². The molecule has 1 aliphatic carbocycles. The van der Waals surface area contributed by atoms with Crippen molar-refractivity contribution in [3.63, 3.8) is 0 Å². The van der Waals surface area contributed by atoms with E-state index in [2.05, 4.69) is 11.9 Å². The van der Waals surface area contributed by atoms with Gasteiger partial charge in [-0.2, -0.15) is 0 Å². The van der Waals surface area contributed by atoms with E-state index in [0.717, 1.165) is 41.3 Å². The van der Waals surface area contributed by atoms with Crippen molar-refractivity contribution in [2.75, 3.05) is 12.8 Å². The van der Waals surface area contributed by atoms with Crippen molar-refractivity contribution in [2.45, 2.75) is 26.2 Å². The fraction of sp³-hybridized carbons (Fsp3) is 0.333. The zero-order chi connectivity index (χ0) is 16.1. The van der Waals surface area contributed by atoms with Crippen LogP contribution in [0.5, 0.6) is 5.75 Å². The number of aromatic nitrogens is 1. The summed E-state index contributed by atoms with van der Waals surface area (Å²) in [5.41, 5.74) is 8.22. The summed E-state index contributed by atoms with van der Waals surface area (Å²) in [5, 5.41) is 2.13. The number of rotatable bonds is 1. The predicted octanol–water partition coefficient (Wildman–Crippen LogP) is 3.06. The van der Waals surface area contributed by atoms with Gasteiger partial charge < -0.3 is 14.9 Å². The molecule has 0 amide bonds. The van der Waals surface area contributed by atoms with Crippen molar-refractivity contribution < 1.29 is 9.15 Å². The Morgan fingerprint density at radius 2 is 2.17 bits per heavy atom. The van der Waals surface area contributed by atoms with Gasteiger partial charge in [0, 0.05) is 16.5 Å². The van der Waals surface area contributed by atoms with Gasteiger partial charge in [0.05, 0.1) is 7.11 Å². The number of nitrogens with zero attached hydrogens (tertiary/aromatic N) is 1. The lowest BCUT2D eigenvalue weighted by molar-refractivity contribution is 0.407. The second-order valence-electron chi connectivity index (χ2n) is 6.25. The summed E-state index contributed by atoms with van der Waals surface area (Å²) in [4.78, 5) is 17.0. The summed E-state index contributed by atoms with van der Waals surface area (Å²) in [5.74, 6) is 1.37. The fourth-order valence-electron chi connectivity index (χ4n) is 3.58. The van der Waals surface area contributed by atoms with Crippen LogP contribution in [0.15, 0.2) is 27.4 Å². The van der Waals surface area contributed by atoms with Crippen LogP contribution in [0.2, 0.25) is 0 Å². The predicted molar refractivity (Wildman–Crippen MR) is 89.9 cm³/mol. The lowest BCUT2D eigenvalue weighted by Crippen LogP contribution is -2.17. The summed E-state index contributed by atoms with van der Waals surface area (Å²) in [6.07, 6.45) is 2.88. The first-order valence-electron chi connectivity index (χ1n) is 7.81. The van der Waals surface area contributed by atoms with Gasteiger partial charge in [0.1, 0.15) is 11.2 Å². The Bertz CT molecular complexity index is 991. The van der Waals surface area contributed by atoms with Crippen molar-refractivity contribution in [3.8, 4) is 5.75 Å². The van der Waals surface area contributed by atoms with Crippen LogP contribution in [0.1, 0.15) is 24.6 Å². The van der Waals surface area contributed by atoms with Crippen LogP contribution in [0.3, 0.4) is 0 Å². The van der Waals surface area contributed by atoms with E-state index in [1.54, 1.807) is 13.2 Å². The van der Waals surface area contributed by atoms with Crippen molar-refractivity contribution in [3.05, 3.63) is 39.9 Å². The monoisotopic (exact) mass is 310 g/mol. The number of pyridine rings is 1. The summed E-state index contributed by atoms with van der Waals surface area (Å²) in [7, 11) is 1.57. The van der Waals surface area contributed by atoms with Crippen molar-refractivity contribution in [1.82, 2.24) is 4.98 Å². The van der Waals surface area contributed by atoms with Crippen LogP contribution in [-0.4, -0.2) is 12.1 Å². The first-order valence-corrected chi connectivity index (χ1v) is 7.81. The minimum atomic E-state index is -0.456. The molecule has 5 nitrogen and oxygen atoms in total. The zero-order valence-corrected chi connectivity index (χ0v) is 13.2. The molecule has 0 spiro atoms. The minimum Gasteiger partial charge on any atom is -0.493 e. The molecule has 1 aliphatic rings. The van der Waals surface area contributed by atoms with E-state index >= 15 is 0 Å². The molecule has 3 aromatic rings. The lowest BCUT2D eigenvalue weighted by Gasteiger charge is -2.23. The molecule has 23 heavy (non-hydrogen) atoms. The molecule has 4 rings (SSSR count). The highest BCUT2D eigenvalue weighted by molar-refractivity contribution is 6.10. The van der Waals surface area contributed by atoms with Crippen LogP contribution in [0.25, 0.3) is 21.7 Å². The van der Waals surface area contributed by atoms with Crippen LogP contribution in [-0.2, 0) is 12.8 Å². The fourth-order valence-corrected chi connectivity index (χ4v) is 3.58. The molecule has 0 fully saturated rings. The van der Waals surface area contributed by atoms with Gasteiger partial charge in [-0.3, -0.25) is 0 Å². The molecule has 0 saturated heterocycles. The van der Waals surface area contributed by atoms with E-state index in [-0.39, 0.29) is 5.82 Å². The van der Waals surface area contributed by atoms with Gasteiger partial charge in [-0.05, 0) is 36.8 Å². The third kappa shape index (κ3) is 2.00. The molecule has 2 aromatic heterocycles. The third-order valence-corrected chi connectivity index (χ3v) is 4.71. The number of hydrogen-bond donors (Lipinski definition) is 1. The van der Waals surface area contributed by atoms with E-state index in [1.165, 1.54) is 0 Å². The van der Waals surface area contributed by atoms with Gasteiger partial charge in [0.15, 0.2) is 11.3 Å². The lowest BCUT2D eigenvalue weighted by atomic mass is 9.84. The van der Waals surface area contributed by atoms with E-state index in [0.29, 0.717) is 22.6 Å². The Morgan fingerprint density at radius 1 is 1.35 bits per heavy atom. The average Bonchev–Trinajstić information content (AvgIpc) is 2.54. The Balaban J connectivity index is 2.25. The molecule has 118 valence electrons. The first kappa shape index (κ1) is 14.1. The quantitative estimate of drug-likeness (QED) is 0.552. The van der Waals surface area contributed by atoms with E-state index < -0.39 is 5.63 Å². The summed E-state index contributed by atoms with van der Waals surface area (Å²) >= 11 is 0. The van der Waals surface area contributed by atoms with Gasteiger partial charge in [0.2, 0.25) is 0 Å². The Kier molecular flexibility index (Phi) is 3.04. The zero-order valence-electron chi connectivity index (χ0n) is 13.2. The number of aryl methyl sites for hydroxylation is 1. The maximum Gasteiger partial charge on any atom is 0.348 e. The normalized spacial score (nSPS) is 17.4. The second kappa shape index (κ2) is 4.98. The summed E-state index contributed by atoms with van der Waals surface area (Å²) in [6.45, 7) is 2.22. The largest absolute Gasteiger partial charge is 0.493 e. The molecule has 0 radical (unpaired) electrons. The molecule has 1 aromatic carbocycles.